The lowest BCUT2D eigenvalue weighted by Crippen LogP contribution is -2.46. The van der Waals surface area contributed by atoms with Gasteiger partial charge in [0.05, 0.1) is 19.7 Å². The number of amides is 2. The molecule has 0 saturated carbocycles. The largest absolute Gasteiger partial charge is 0.494 e. The maximum Gasteiger partial charge on any atom is 0.239 e. The van der Waals surface area contributed by atoms with Crippen molar-refractivity contribution < 1.29 is 18.7 Å². The summed E-state index contributed by atoms with van der Waals surface area (Å²) in [5.74, 6) is -0.322. The van der Waals surface area contributed by atoms with Crippen molar-refractivity contribution in [1.82, 2.24) is 14.7 Å². The van der Waals surface area contributed by atoms with E-state index in [1.807, 2.05) is 4.90 Å². The first-order chi connectivity index (χ1) is 11.8. The van der Waals surface area contributed by atoms with Crippen molar-refractivity contribution in [1.29, 1.82) is 0 Å². The zero-order valence-electron chi connectivity index (χ0n) is 15.3. The lowest BCUT2D eigenvalue weighted by Gasteiger charge is -2.27. The monoisotopic (exact) mass is 351 g/mol. The summed E-state index contributed by atoms with van der Waals surface area (Å²) in [6, 6.07) is 4.43. The molecule has 0 bridgehead atoms. The van der Waals surface area contributed by atoms with E-state index in [9.17, 15) is 14.0 Å². The van der Waals surface area contributed by atoms with Gasteiger partial charge in [0.15, 0.2) is 11.6 Å². The minimum Gasteiger partial charge on any atom is -0.494 e. The van der Waals surface area contributed by atoms with Crippen molar-refractivity contribution in [3.63, 3.8) is 0 Å². The maximum absolute atomic E-state index is 13.8. The fraction of sp³-hybridized carbons (Fsp3) is 0.556. The average Bonchev–Trinajstić information content (AvgIpc) is 3.02. The second-order valence-corrected chi connectivity index (χ2v) is 6.58. The average molecular weight is 351 g/mol. The third kappa shape index (κ3) is 4.69. The number of likely N-dealkylation sites (tertiary alicyclic amines) is 1. The third-order valence-electron chi connectivity index (χ3n) is 4.49. The number of hydrogen-bond donors (Lipinski definition) is 0. The lowest BCUT2D eigenvalue weighted by atomic mass is 10.2. The predicted molar refractivity (Wildman–Crippen MR) is 92.7 cm³/mol. The van der Waals surface area contributed by atoms with Crippen LogP contribution in [0.4, 0.5) is 4.39 Å². The molecule has 2 rings (SSSR count). The fourth-order valence-electron chi connectivity index (χ4n) is 3.06. The van der Waals surface area contributed by atoms with Crippen molar-refractivity contribution in [3.8, 4) is 5.75 Å². The van der Waals surface area contributed by atoms with E-state index in [2.05, 4.69) is 0 Å². The number of methoxy groups -OCH3 is 1. The highest BCUT2D eigenvalue weighted by Gasteiger charge is 2.33. The Balaban J connectivity index is 1.96. The summed E-state index contributed by atoms with van der Waals surface area (Å²) in [5.41, 5.74) is 0.691. The first-order valence-electron chi connectivity index (χ1n) is 8.35. The molecule has 0 spiro atoms. The fourth-order valence-corrected chi connectivity index (χ4v) is 3.06. The maximum atomic E-state index is 13.8. The SMILES string of the molecule is COc1ccc(CN(C)C(=O)CN2CCCC2C(=O)N(C)C)cc1F. The molecule has 2 amide bonds. The zero-order chi connectivity index (χ0) is 18.6. The first kappa shape index (κ1) is 19.2. The van der Waals surface area contributed by atoms with E-state index >= 15 is 0 Å². The molecule has 7 heteroatoms. The summed E-state index contributed by atoms with van der Waals surface area (Å²) >= 11 is 0. The topological polar surface area (TPSA) is 53.1 Å². The molecule has 1 unspecified atom stereocenters. The summed E-state index contributed by atoms with van der Waals surface area (Å²) in [4.78, 5) is 29.7. The quantitative estimate of drug-likeness (QED) is 0.776. The molecule has 1 aromatic rings. The Bertz CT molecular complexity index is 636. The normalized spacial score (nSPS) is 17.4. The van der Waals surface area contributed by atoms with Crippen LogP contribution in [0.25, 0.3) is 0 Å². The zero-order valence-corrected chi connectivity index (χ0v) is 15.3. The smallest absolute Gasteiger partial charge is 0.239 e. The first-order valence-corrected chi connectivity index (χ1v) is 8.35. The Morgan fingerprint density at radius 3 is 2.64 bits per heavy atom. The van der Waals surface area contributed by atoms with Gasteiger partial charge in [-0.15, -0.1) is 0 Å². The molecule has 1 fully saturated rings. The number of likely N-dealkylation sites (N-methyl/N-ethyl adjacent to an activating group) is 2. The van der Waals surface area contributed by atoms with Gasteiger partial charge in [-0.1, -0.05) is 6.07 Å². The minimum absolute atomic E-state index is 0.0326. The van der Waals surface area contributed by atoms with Crippen molar-refractivity contribution >= 4 is 11.8 Å². The van der Waals surface area contributed by atoms with Crippen LogP contribution in [0.15, 0.2) is 18.2 Å². The van der Waals surface area contributed by atoms with E-state index in [4.69, 9.17) is 4.74 Å². The van der Waals surface area contributed by atoms with Crippen LogP contribution in [0.1, 0.15) is 18.4 Å². The number of nitrogens with zero attached hydrogens (tertiary/aromatic N) is 3. The number of carbonyl (C=O) groups excluding carboxylic acids is 2. The van der Waals surface area contributed by atoms with Gasteiger partial charge in [0, 0.05) is 27.7 Å². The molecule has 138 valence electrons. The summed E-state index contributed by atoms with van der Waals surface area (Å²) in [6.45, 7) is 1.24. The van der Waals surface area contributed by atoms with Crippen LogP contribution in [0, 0.1) is 5.82 Å². The summed E-state index contributed by atoms with van der Waals surface area (Å²) in [7, 11) is 6.55. The van der Waals surface area contributed by atoms with E-state index in [1.165, 1.54) is 13.2 Å². The number of carbonyl (C=O) groups is 2. The Kier molecular flexibility index (Phi) is 6.36. The molecule has 6 nitrogen and oxygen atoms in total. The molecule has 1 saturated heterocycles. The summed E-state index contributed by atoms with van der Waals surface area (Å²) in [5, 5.41) is 0. The number of rotatable bonds is 6. The second-order valence-electron chi connectivity index (χ2n) is 6.58. The number of ether oxygens (including phenoxy) is 1. The van der Waals surface area contributed by atoms with Crippen LogP contribution in [0.2, 0.25) is 0 Å². The van der Waals surface area contributed by atoms with Crippen LogP contribution >= 0.6 is 0 Å². The highest BCUT2D eigenvalue weighted by molar-refractivity contribution is 5.83. The van der Waals surface area contributed by atoms with Crippen molar-refractivity contribution in [2.75, 3.05) is 41.3 Å². The number of benzene rings is 1. The molecule has 1 heterocycles. The van der Waals surface area contributed by atoms with Gasteiger partial charge in [0.2, 0.25) is 11.8 Å². The number of halogens is 1. The molecule has 0 aromatic heterocycles. The highest BCUT2D eigenvalue weighted by atomic mass is 19.1. The molecule has 1 aromatic carbocycles. The van der Waals surface area contributed by atoms with Gasteiger partial charge in [0.25, 0.3) is 0 Å². The van der Waals surface area contributed by atoms with Gasteiger partial charge in [-0.05, 0) is 37.1 Å². The van der Waals surface area contributed by atoms with Gasteiger partial charge in [-0.2, -0.15) is 0 Å². The van der Waals surface area contributed by atoms with E-state index in [0.717, 1.165) is 19.4 Å². The van der Waals surface area contributed by atoms with Gasteiger partial charge < -0.3 is 14.5 Å². The Morgan fingerprint density at radius 1 is 1.32 bits per heavy atom. The molecule has 25 heavy (non-hydrogen) atoms. The molecule has 0 N–H and O–H groups in total. The Hall–Kier alpha value is -2.15. The molecule has 0 aliphatic carbocycles. The summed E-state index contributed by atoms with van der Waals surface area (Å²) in [6.07, 6.45) is 1.68. The molecular weight excluding hydrogens is 325 g/mol. The van der Waals surface area contributed by atoms with E-state index in [-0.39, 0.29) is 30.2 Å². The van der Waals surface area contributed by atoms with E-state index in [1.54, 1.807) is 43.1 Å². The second kappa shape index (κ2) is 8.29. The third-order valence-corrected chi connectivity index (χ3v) is 4.49. The molecule has 1 atom stereocenters. The van der Waals surface area contributed by atoms with Gasteiger partial charge in [0.1, 0.15) is 0 Å². The van der Waals surface area contributed by atoms with Crippen LogP contribution in [-0.4, -0.2) is 73.9 Å². The lowest BCUT2D eigenvalue weighted by molar-refractivity contribution is -0.136. The van der Waals surface area contributed by atoms with Crippen LogP contribution < -0.4 is 4.74 Å². The molecule has 1 aliphatic rings. The molecular formula is C18H26FN3O3. The Labute approximate surface area is 148 Å². The molecule has 1 aliphatic heterocycles. The van der Waals surface area contributed by atoms with Crippen LogP contribution in [0.5, 0.6) is 5.75 Å². The van der Waals surface area contributed by atoms with Crippen LogP contribution in [0.3, 0.4) is 0 Å². The van der Waals surface area contributed by atoms with Gasteiger partial charge in [-0.25, -0.2) is 4.39 Å². The van der Waals surface area contributed by atoms with Crippen molar-refractivity contribution in [3.05, 3.63) is 29.6 Å². The predicted octanol–water partition coefficient (Wildman–Crippen LogP) is 1.35. The minimum atomic E-state index is -0.447. The van der Waals surface area contributed by atoms with Crippen LogP contribution in [-0.2, 0) is 16.1 Å². The van der Waals surface area contributed by atoms with E-state index < -0.39 is 5.82 Å². The standard InChI is InChI=1S/C18H26FN3O3/c1-20(2)18(24)15-6-5-9-22(15)12-17(23)21(3)11-13-7-8-16(25-4)14(19)10-13/h7-8,10,15H,5-6,9,11-12H2,1-4H3. The van der Waals surface area contributed by atoms with Crippen molar-refractivity contribution in [2.45, 2.75) is 25.4 Å². The molecule has 0 radical (unpaired) electrons. The number of hydrogen-bond acceptors (Lipinski definition) is 4. The summed E-state index contributed by atoms with van der Waals surface area (Å²) < 4.78 is 18.7. The Morgan fingerprint density at radius 2 is 2.04 bits per heavy atom. The van der Waals surface area contributed by atoms with E-state index in [0.29, 0.717) is 12.1 Å². The van der Waals surface area contributed by atoms with Gasteiger partial charge in [-0.3, -0.25) is 14.5 Å². The highest BCUT2D eigenvalue weighted by Crippen LogP contribution is 2.20. The van der Waals surface area contributed by atoms with Gasteiger partial charge >= 0.3 is 0 Å². The van der Waals surface area contributed by atoms with Crippen molar-refractivity contribution in [2.24, 2.45) is 0 Å².